The van der Waals surface area contributed by atoms with Gasteiger partial charge in [0.25, 0.3) is 0 Å². The highest BCUT2D eigenvalue weighted by atomic mass is 19.1. The number of amides is 2. The molecule has 2 aromatic carbocycles. The Morgan fingerprint density at radius 3 is 2.46 bits per heavy atom. The number of anilines is 3. The van der Waals surface area contributed by atoms with Crippen molar-refractivity contribution in [1.82, 2.24) is 15.1 Å². The molecule has 3 N–H and O–H groups in total. The zero-order chi connectivity index (χ0) is 27.4. The smallest absolute Gasteiger partial charge is 0.326 e. The molecule has 0 spiro atoms. The van der Waals surface area contributed by atoms with Gasteiger partial charge in [-0.3, -0.25) is 9.59 Å². The second-order valence-electron chi connectivity index (χ2n) is 10.1. The predicted molar refractivity (Wildman–Crippen MR) is 140 cm³/mol. The molecule has 1 saturated heterocycles. The number of carbonyl (C=O) groups excluding carboxylic acids is 2. The molecule has 3 aromatic rings. The van der Waals surface area contributed by atoms with Crippen molar-refractivity contribution in [3.8, 4) is 0 Å². The first kappa shape index (κ1) is 26.3. The molecule has 10 nitrogen and oxygen atoms in total. The summed E-state index contributed by atoms with van der Waals surface area (Å²) in [4.78, 5) is 38.2. The number of carboxylic acids is 1. The molecule has 1 saturated carbocycles. The summed E-state index contributed by atoms with van der Waals surface area (Å²) in [6, 6.07) is 12.8. The molecule has 0 bridgehead atoms. The number of nitrogens with zero attached hydrogens (tertiary/aromatic N) is 3. The molecule has 0 radical (unpaired) electrons. The van der Waals surface area contributed by atoms with Crippen molar-refractivity contribution in [2.75, 3.05) is 17.2 Å². The van der Waals surface area contributed by atoms with Crippen LogP contribution in [-0.4, -0.2) is 50.6 Å². The Labute approximate surface area is 224 Å². The van der Waals surface area contributed by atoms with Crippen LogP contribution in [0.5, 0.6) is 0 Å². The quantitative estimate of drug-likeness (QED) is 0.369. The largest absolute Gasteiger partial charge is 0.480 e. The molecule has 204 valence electrons. The summed E-state index contributed by atoms with van der Waals surface area (Å²) < 4.78 is 19.1. The highest BCUT2D eigenvalue weighted by Crippen LogP contribution is 2.38. The van der Waals surface area contributed by atoms with Gasteiger partial charge >= 0.3 is 23.8 Å². The van der Waals surface area contributed by atoms with Crippen molar-refractivity contribution in [2.24, 2.45) is 5.92 Å². The fourth-order valence-electron chi connectivity index (χ4n) is 5.45. The van der Waals surface area contributed by atoms with Gasteiger partial charge in [0.1, 0.15) is 11.9 Å². The molecule has 39 heavy (non-hydrogen) atoms. The van der Waals surface area contributed by atoms with E-state index in [9.17, 15) is 23.9 Å². The minimum atomic E-state index is -0.914. The number of carbonyl (C=O) groups is 3. The van der Waals surface area contributed by atoms with Gasteiger partial charge in [0.05, 0.1) is 5.69 Å². The molecule has 2 amide bonds. The number of rotatable bonds is 8. The van der Waals surface area contributed by atoms with E-state index < -0.39 is 23.7 Å². The van der Waals surface area contributed by atoms with Gasteiger partial charge in [0.2, 0.25) is 5.91 Å². The topological polar surface area (TPSA) is 138 Å². The third kappa shape index (κ3) is 6.24. The molecular weight excluding hydrogens is 505 g/mol. The van der Waals surface area contributed by atoms with E-state index in [2.05, 4.69) is 20.8 Å². The van der Waals surface area contributed by atoms with Crippen molar-refractivity contribution in [3.63, 3.8) is 0 Å². The summed E-state index contributed by atoms with van der Waals surface area (Å²) in [6.07, 6.45) is 5.43. The van der Waals surface area contributed by atoms with E-state index in [-0.39, 0.29) is 29.4 Å². The van der Waals surface area contributed by atoms with Crippen molar-refractivity contribution in [1.29, 1.82) is 0 Å². The van der Waals surface area contributed by atoms with E-state index in [4.69, 9.17) is 4.42 Å². The molecule has 1 aliphatic carbocycles. The first-order chi connectivity index (χ1) is 18.9. The Hall–Kier alpha value is -4.28. The lowest BCUT2D eigenvalue weighted by Crippen LogP contribution is -2.41. The van der Waals surface area contributed by atoms with Crippen molar-refractivity contribution >= 4 is 35.2 Å². The number of carboxylic acid groups (broad SMARTS) is 1. The molecule has 2 heterocycles. The van der Waals surface area contributed by atoms with E-state index in [0.717, 1.165) is 37.7 Å². The maximum absolute atomic E-state index is 13.8. The van der Waals surface area contributed by atoms with Gasteiger partial charge in [-0.15, -0.1) is 5.10 Å². The van der Waals surface area contributed by atoms with Gasteiger partial charge in [0.15, 0.2) is 0 Å². The van der Waals surface area contributed by atoms with Crippen LogP contribution in [0, 0.1) is 11.7 Å². The summed E-state index contributed by atoms with van der Waals surface area (Å²) in [7, 11) is 0. The normalized spacial score (nSPS) is 20.9. The summed E-state index contributed by atoms with van der Waals surface area (Å²) in [5, 5.41) is 22.2. The Kier molecular flexibility index (Phi) is 7.85. The number of benzene rings is 2. The molecule has 11 heteroatoms. The molecule has 1 aliphatic heterocycles. The van der Waals surface area contributed by atoms with Crippen LogP contribution in [0.1, 0.15) is 67.1 Å². The number of para-hydroxylation sites is 1. The summed E-state index contributed by atoms with van der Waals surface area (Å²) in [6.45, 7) is 0.534. The molecule has 5 rings (SSSR count). The molecule has 1 atom stereocenters. The number of hydrogen-bond donors (Lipinski definition) is 3. The van der Waals surface area contributed by atoms with Crippen LogP contribution in [0.15, 0.2) is 52.9 Å². The second kappa shape index (κ2) is 11.6. The maximum Gasteiger partial charge on any atom is 0.326 e. The summed E-state index contributed by atoms with van der Waals surface area (Å²) >= 11 is 0. The minimum absolute atomic E-state index is 0.0418. The van der Waals surface area contributed by atoms with Crippen molar-refractivity contribution in [3.05, 3.63) is 65.8 Å². The third-order valence-corrected chi connectivity index (χ3v) is 7.54. The van der Waals surface area contributed by atoms with Crippen LogP contribution in [0.2, 0.25) is 0 Å². The number of aliphatic carboxylic acids is 1. The summed E-state index contributed by atoms with van der Waals surface area (Å²) in [5.74, 6) is -1.64. The van der Waals surface area contributed by atoms with Crippen LogP contribution < -0.4 is 10.6 Å². The average molecular weight is 536 g/mol. The van der Waals surface area contributed by atoms with Crippen molar-refractivity contribution in [2.45, 2.75) is 56.9 Å². The lowest BCUT2D eigenvalue weighted by molar-refractivity contribution is -0.148. The molecule has 1 aromatic heterocycles. The van der Waals surface area contributed by atoms with Gasteiger partial charge in [-0.1, -0.05) is 29.4 Å². The van der Waals surface area contributed by atoms with E-state index in [1.165, 1.54) is 17.0 Å². The van der Waals surface area contributed by atoms with Crippen LogP contribution in [0.4, 0.5) is 21.8 Å². The number of likely N-dealkylation sites (tertiary alicyclic amines) is 1. The molecule has 2 aliphatic rings. The van der Waals surface area contributed by atoms with Crippen LogP contribution in [0.3, 0.4) is 0 Å². The minimum Gasteiger partial charge on any atom is -0.480 e. The SMILES string of the molecule is O=C(Nc1ccc(C2CCC(CC(=O)N3CCC[C@H]3C(=O)O)CC2)cc1)c1nnc(Nc2ccccc2F)o1. The Morgan fingerprint density at radius 1 is 1.00 bits per heavy atom. The maximum atomic E-state index is 13.8. The number of halogens is 1. The van der Waals surface area contributed by atoms with Crippen molar-refractivity contribution < 1.29 is 28.3 Å². The monoisotopic (exact) mass is 535 g/mol. The number of hydrogen-bond acceptors (Lipinski definition) is 7. The molecule has 0 unspecified atom stereocenters. The fourth-order valence-corrected chi connectivity index (χ4v) is 5.45. The van der Waals surface area contributed by atoms with Crippen LogP contribution in [0.25, 0.3) is 0 Å². The number of aromatic nitrogens is 2. The Bertz CT molecular complexity index is 1340. The van der Waals surface area contributed by atoms with Crippen LogP contribution in [-0.2, 0) is 9.59 Å². The Morgan fingerprint density at radius 2 is 1.74 bits per heavy atom. The highest BCUT2D eigenvalue weighted by Gasteiger charge is 2.35. The van der Waals surface area contributed by atoms with Gasteiger partial charge in [-0.25, -0.2) is 9.18 Å². The van der Waals surface area contributed by atoms with Crippen LogP contribution >= 0.6 is 0 Å². The number of nitrogens with one attached hydrogen (secondary N) is 2. The fraction of sp³-hybridized carbons (Fsp3) is 0.393. The molecule has 2 fully saturated rings. The zero-order valence-corrected chi connectivity index (χ0v) is 21.3. The standard InChI is InChI=1S/C28H30FN5O5/c29-21-4-1-2-5-22(21)31-28-33-32-26(39-28)25(36)30-20-13-11-19(12-14-20)18-9-7-17(8-10-18)16-24(35)34-15-3-6-23(34)27(37)38/h1-2,4-5,11-14,17-18,23H,3,6-10,15-16H2,(H,30,36)(H,31,33)(H,37,38)/t17?,18?,23-/m0/s1. The summed E-state index contributed by atoms with van der Waals surface area (Å²) in [5.41, 5.74) is 1.89. The van der Waals surface area contributed by atoms with Gasteiger partial charge in [-0.05, 0) is 80.2 Å². The van der Waals surface area contributed by atoms with Gasteiger partial charge in [-0.2, -0.15) is 0 Å². The first-order valence-corrected chi connectivity index (χ1v) is 13.2. The average Bonchev–Trinajstić information content (AvgIpc) is 3.62. The third-order valence-electron chi connectivity index (χ3n) is 7.54. The van der Waals surface area contributed by atoms with E-state index >= 15 is 0 Å². The second-order valence-corrected chi connectivity index (χ2v) is 10.1. The lowest BCUT2D eigenvalue weighted by atomic mass is 9.77. The van der Waals surface area contributed by atoms with Gasteiger partial charge in [0, 0.05) is 18.7 Å². The van der Waals surface area contributed by atoms with E-state index in [1.54, 1.807) is 12.1 Å². The van der Waals surface area contributed by atoms with E-state index in [1.807, 2.05) is 24.3 Å². The predicted octanol–water partition coefficient (Wildman–Crippen LogP) is 4.94. The zero-order valence-electron chi connectivity index (χ0n) is 21.3. The first-order valence-electron chi connectivity index (χ1n) is 13.2. The van der Waals surface area contributed by atoms with E-state index in [0.29, 0.717) is 31.0 Å². The lowest BCUT2D eigenvalue weighted by Gasteiger charge is -2.30. The Balaban J connectivity index is 1.10. The molecular formula is C28H30FN5O5. The highest BCUT2D eigenvalue weighted by molar-refractivity contribution is 6.00. The van der Waals surface area contributed by atoms with Gasteiger partial charge < -0.3 is 25.1 Å².